The van der Waals surface area contributed by atoms with E-state index in [1.165, 1.54) is 6.07 Å². The second-order valence-electron chi connectivity index (χ2n) is 3.06. The van der Waals surface area contributed by atoms with Gasteiger partial charge in [0, 0.05) is 23.3 Å². The van der Waals surface area contributed by atoms with E-state index in [2.05, 4.69) is 9.36 Å². The summed E-state index contributed by atoms with van der Waals surface area (Å²) in [6, 6.07) is 6.30. The summed E-state index contributed by atoms with van der Waals surface area (Å²) in [6.45, 7) is 0. The first-order valence-corrected chi connectivity index (χ1v) is 5.17. The Hall–Kier alpha value is -1.83. The molecule has 2 N–H and O–H groups in total. The highest BCUT2D eigenvalue weighted by molar-refractivity contribution is 7.07. The Labute approximate surface area is 98.0 Å². The molecule has 0 radical (unpaired) electrons. The van der Waals surface area contributed by atoms with E-state index in [1.807, 2.05) is 0 Å². The molecule has 0 spiro atoms. The summed E-state index contributed by atoms with van der Waals surface area (Å²) < 4.78 is 44.9. The Morgan fingerprint density at radius 1 is 1.29 bits per heavy atom. The molecule has 0 bridgehead atoms. The van der Waals surface area contributed by atoms with Gasteiger partial charge < -0.3 is 10.5 Å². The van der Waals surface area contributed by atoms with Crippen LogP contribution >= 0.6 is 11.5 Å². The van der Waals surface area contributed by atoms with Gasteiger partial charge in [-0.1, -0.05) is 6.07 Å². The molecule has 17 heavy (non-hydrogen) atoms. The van der Waals surface area contributed by atoms with Crippen LogP contribution in [0.4, 0.5) is 18.9 Å². The molecule has 2 rings (SSSR count). The van der Waals surface area contributed by atoms with Crippen LogP contribution < -0.4 is 10.5 Å². The molecule has 0 aliphatic rings. The fraction of sp³-hybridized carbons (Fsp3) is 0.111. The SMILES string of the molecule is Nc1cccc(Oc2nc(C(F)(F)F)ns2)c1. The second-order valence-corrected chi connectivity index (χ2v) is 3.77. The van der Waals surface area contributed by atoms with Crippen molar-refractivity contribution >= 4 is 17.2 Å². The van der Waals surface area contributed by atoms with Crippen LogP contribution in [0.2, 0.25) is 0 Å². The number of benzene rings is 1. The lowest BCUT2D eigenvalue weighted by Gasteiger charge is -2.01. The number of anilines is 1. The molecule has 8 heteroatoms. The van der Waals surface area contributed by atoms with Gasteiger partial charge in [0.15, 0.2) is 0 Å². The van der Waals surface area contributed by atoms with Crippen LogP contribution in [-0.4, -0.2) is 9.36 Å². The maximum Gasteiger partial charge on any atom is 0.452 e. The molecular weight excluding hydrogens is 255 g/mol. The van der Waals surface area contributed by atoms with Crippen LogP contribution in [0, 0.1) is 0 Å². The van der Waals surface area contributed by atoms with Crippen molar-refractivity contribution in [1.82, 2.24) is 9.36 Å². The Morgan fingerprint density at radius 3 is 2.65 bits per heavy atom. The number of nitrogens with two attached hydrogens (primary N) is 1. The van der Waals surface area contributed by atoms with Crippen molar-refractivity contribution in [2.75, 3.05) is 5.73 Å². The van der Waals surface area contributed by atoms with Gasteiger partial charge in [-0.25, -0.2) is 0 Å². The lowest BCUT2D eigenvalue weighted by atomic mass is 10.3. The molecule has 1 aromatic heterocycles. The average molecular weight is 261 g/mol. The van der Waals surface area contributed by atoms with Gasteiger partial charge in [-0.3, -0.25) is 0 Å². The second kappa shape index (κ2) is 4.21. The summed E-state index contributed by atoms with van der Waals surface area (Å²) in [5.74, 6) is -0.892. The van der Waals surface area contributed by atoms with Crippen molar-refractivity contribution in [2.45, 2.75) is 6.18 Å². The summed E-state index contributed by atoms with van der Waals surface area (Å²) in [6.07, 6.45) is -4.56. The predicted octanol–water partition coefficient (Wildman–Crippen LogP) is 2.93. The molecule has 0 amide bonds. The molecule has 0 saturated carbocycles. The molecule has 0 aliphatic carbocycles. The standard InChI is InChI=1S/C9H6F3N3OS/c10-9(11,12)7-14-8(17-15-7)16-6-3-1-2-5(13)4-6/h1-4H,13H2. The monoisotopic (exact) mass is 261 g/mol. The molecular formula is C9H6F3N3OS. The fourth-order valence-electron chi connectivity index (χ4n) is 1.05. The van der Waals surface area contributed by atoms with Crippen LogP contribution in [0.3, 0.4) is 0 Å². The number of nitrogens with zero attached hydrogens (tertiary/aromatic N) is 2. The molecule has 90 valence electrons. The van der Waals surface area contributed by atoms with E-state index < -0.39 is 12.0 Å². The first kappa shape index (κ1) is 11.6. The van der Waals surface area contributed by atoms with Crippen molar-refractivity contribution < 1.29 is 17.9 Å². The van der Waals surface area contributed by atoms with Crippen molar-refractivity contribution in [3.63, 3.8) is 0 Å². The van der Waals surface area contributed by atoms with E-state index in [-0.39, 0.29) is 5.19 Å². The van der Waals surface area contributed by atoms with Crippen LogP contribution in [0.15, 0.2) is 24.3 Å². The van der Waals surface area contributed by atoms with Gasteiger partial charge in [-0.2, -0.15) is 22.5 Å². The lowest BCUT2D eigenvalue weighted by molar-refractivity contribution is -0.144. The minimum atomic E-state index is -4.56. The molecule has 0 fully saturated rings. The highest BCUT2D eigenvalue weighted by Crippen LogP contribution is 2.31. The number of aromatic nitrogens is 2. The van der Waals surface area contributed by atoms with E-state index >= 15 is 0 Å². The summed E-state index contributed by atoms with van der Waals surface area (Å²) in [5.41, 5.74) is 5.94. The Kier molecular flexibility index (Phi) is 2.88. The van der Waals surface area contributed by atoms with Crippen molar-refractivity contribution in [3.8, 4) is 10.9 Å². The van der Waals surface area contributed by atoms with Gasteiger partial charge in [0.1, 0.15) is 5.75 Å². The van der Waals surface area contributed by atoms with Crippen LogP contribution in [0.25, 0.3) is 0 Å². The average Bonchev–Trinajstić information content (AvgIpc) is 2.65. The van der Waals surface area contributed by atoms with Gasteiger partial charge >= 0.3 is 6.18 Å². The fourth-order valence-corrected chi connectivity index (χ4v) is 1.61. The maximum absolute atomic E-state index is 12.2. The van der Waals surface area contributed by atoms with Crippen molar-refractivity contribution in [3.05, 3.63) is 30.1 Å². The summed E-state index contributed by atoms with van der Waals surface area (Å²) >= 11 is 0.533. The van der Waals surface area contributed by atoms with Gasteiger partial charge in [-0.15, -0.1) is 0 Å². The Morgan fingerprint density at radius 2 is 2.06 bits per heavy atom. The smallest absolute Gasteiger partial charge is 0.430 e. The van der Waals surface area contributed by atoms with Crippen molar-refractivity contribution in [1.29, 1.82) is 0 Å². The Bertz CT molecular complexity index is 526. The normalized spacial score (nSPS) is 11.5. The molecule has 1 aromatic carbocycles. The zero-order valence-electron chi connectivity index (χ0n) is 8.23. The van der Waals surface area contributed by atoms with Gasteiger partial charge in [-0.05, 0) is 12.1 Å². The lowest BCUT2D eigenvalue weighted by Crippen LogP contribution is -2.06. The summed E-state index contributed by atoms with van der Waals surface area (Å²) in [5, 5.41) is -0.178. The number of hydrogen-bond acceptors (Lipinski definition) is 5. The number of halogens is 3. The molecule has 0 atom stereocenters. The molecule has 1 heterocycles. The third kappa shape index (κ3) is 2.84. The van der Waals surface area contributed by atoms with Gasteiger partial charge in [0.05, 0.1) is 0 Å². The molecule has 0 saturated heterocycles. The number of nitrogen functional groups attached to an aromatic ring is 1. The zero-order valence-corrected chi connectivity index (χ0v) is 9.05. The molecule has 2 aromatic rings. The number of hydrogen-bond donors (Lipinski definition) is 1. The predicted molar refractivity (Wildman–Crippen MR) is 55.8 cm³/mol. The summed E-state index contributed by atoms with van der Waals surface area (Å²) in [7, 11) is 0. The van der Waals surface area contributed by atoms with Gasteiger partial charge in [0.2, 0.25) is 0 Å². The van der Waals surface area contributed by atoms with Crippen LogP contribution in [0.5, 0.6) is 10.9 Å². The van der Waals surface area contributed by atoms with Gasteiger partial charge in [0.25, 0.3) is 11.0 Å². The van der Waals surface area contributed by atoms with Crippen LogP contribution in [-0.2, 0) is 6.18 Å². The Balaban J connectivity index is 2.17. The van der Waals surface area contributed by atoms with E-state index in [4.69, 9.17) is 10.5 Å². The molecule has 0 unspecified atom stereocenters. The maximum atomic E-state index is 12.2. The summed E-state index contributed by atoms with van der Waals surface area (Å²) in [4.78, 5) is 3.23. The van der Waals surface area contributed by atoms with E-state index in [0.717, 1.165) is 0 Å². The van der Waals surface area contributed by atoms with Crippen LogP contribution in [0.1, 0.15) is 5.82 Å². The third-order valence-electron chi connectivity index (χ3n) is 1.72. The van der Waals surface area contributed by atoms with E-state index in [9.17, 15) is 13.2 Å². The minimum absolute atomic E-state index is 0.178. The zero-order chi connectivity index (χ0) is 12.5. The number of alkyl halides is 3. The van der Waals surface area contributed by atoms with Crippen molar-refractivity contribution in [2.24, 2.45) is 0 Å². The number of rotatable bonds is 2. The first-order chi connectivity index (χ1) is 7.95. The third-order valence-corrected chi connectivity index (χ3v) is 2.32. The quantitative estimate of drug-likeness (QED) is 0.844. The highest BCUT2D eigenvalue weighted by atomic mass is 32.1. The first-order valence-electron chi connectivity index (χ1n) is 4.39. The van der Waals surface area contributed by atoms with E-state index in [0.29, 0.717) is 23.0 Å². The largest absolute Gasteiger partial charge is 0.452 e. The molecule has 4 nitrogen and oxygen atoms in total. The molecule has 0 aliphatic heterocycles. The number of ether oxygens (including phenoxy) is 1. The highest BCUT2D eigenvalue weighted by Gasteiger charge is 2.36. The topological polar surface area (TPSA) is 61.0 Å². The minimum Gasteiger partial charge on any atom is -0.430 e. The van der Waals surface area contributed by atoms with E-state index in [1.54, 1.807) is 18.2 Å².